The minimum Gasteiger partial charge on any atom is -0.495 e. The Hall–Kier alpha value is -3.31. The first-order valence-electron chi connectivity index (χ1n) is 8.94. The van der Waals surface area contributed by atoms with E-state index in [2.05, 4.69) is 30.5 Å². The third kappa shape index (κ3) is 5.64. The largest absolute Gasteiger partial charge is 0.495 e. The first-order chi connectivity index (χ1) is 15.0. The molecule has 0 fully saturated rings. The van der Waals surface area contributed by atoms with Crippen molar-refractivity contribution in [1.82, 2.24) is 25.3 Å². The van der Waals surface area contributed by atoms with Crippen LogP contribution in [0.4, 0.5) is 5.82 Å². The number of nitrogens with zero attached hydrogens (tertiary/aromatic N) is 6. The smallest absolute Gasteiger partial charge is 0.257 e. The normalized spacial score (nSPS) is 10.4. The van der Waals surface area contributed by atoms with Gasteiger partial charge in [0.05, 0.1) is 30.5 Å². The average molecular weight is 460 g/mol. The molecule has 2 heterocycles. The van der Waals surface area contributed by atoms with Crippen LogP contribution in [-0.2, 0) is 13.1 Å². The van der Waals surface area contributed by atoms with E-state index >= 15 is 0 Å². The maximum atomic E-state index is 12.8. The lowest BCUT2D eigenvalue weighted by molar-refractivity contribution is 0.0949. The number of benzene rings is 1. The van der Waals surface area contributed by atoms with Crippen molar-refractivity contribution in [3.05, 3.63) is 69.7 Å². The van der Waals surface area contributed by atoms with Crippen LogP contribution in [0.3, 0.4) is 0 Å². The lowest BCUT2D eigenvalue weighted by Crippen LogP contribution is -2.28. The van der Waals surface area contributed by atoms with Crippen molar-refractivity contribution in [2.75, 3.05) is 18.4 Å². The van der Waals surface area contributed by atoms with Gasteiger partial charge in [-0.2, -0.15) is 0 Å². The van der Waals surface area contributed by atoms with Gasteiger partial charge in [-0.25, -0.2) is 24.9 Å². The van der Waals surface area contributed by atoms with E-state index in [0.717, 1.165) is 5.01 Å². The highest BCUT2D eigenvalue weighted by molar-refractivity contribution is 7.98. The van der Waals surface area contributed by atoms with Crippen molar-refractivity contribution in [1.29, 1.82) is 0 Å². The van der Waals surface area contributed by atoms with E-state index in [1.807, 2.05) is 0 Å². The van der Waals surface area contributed by atoms with Gasteiger partial charge in [0, 0.05) is 18.6 Å². The highest BCUT2D eigenvalue weighted by Gasteiger charge is 2.22. The Kier molecular flexibility index (Phi) is 7.68. The maximum Gasteiger partial charge on any atom is 0.257 e. The number of nitrogens with one attached hydrogen (secondary N) is 1. The molecule has 0 atom stereocenters. The molecule has 0 spiro atoms. The Bertz CT molecular complexity index is 1070. The van der Waals surface area contributed by atoms with Crippen molar-refractivity contribution in [2.24, 2.45) is 5.29 Å². The molecule has 1 aromatic carbocycles. The van der Waals surface area contributed by atoms with Crippen LogP contribution >= 0.6 is 23.4 Å². The molecule has 0 aliphatic rings. The van der Waals surface area contributed by atoms with Crippen LogP contribution in [0.25, 0.3) is 0 Å². The molecule has 160 valence electrons. The minimum atomic E-state index is -0.489. The number of methoxy groups -OCH3 is 1. The number of rotatable bonds is 9. The number of hydrogen-bond donors (Lipinski definition) is 1. The zero-order valence-corrected chi connectivity index (χ0v) is 18.2. The van der Waals surface area contributed by atoms with Gasteiger partial charge in [-0.1, -0.05) is 29.4 Å². The number of halogens is 1. The van der Waals surface area contributed by atoms with Crippen molar-refractivity contribution in [3.63, 3.8) is 0 Å². The first-order valence-corrected chi connectivity index (χ1v) is 10.5. The highest BCUT2D eigenvalue weighted by atomic mass is 35.5. The molecule has 2 aromatic heterocycles. The quantitative estimate of drug-likeness (QED) is 0.222. The summed E-state index contributed by atoms with van der Waals surface area (Å²) in [6, 6.07) is 6.76. The first kappa shape index (κ1) is 22.4. The van der Waals surface area contributed by atoms with Crippen LogP contribution < -0.4 is 15.1 Å². The number of hydrogen-bond acceptors (Lipinski definition) is 9. The lowest BCUT2D eigenvalue weighted by Gasteiger charge is -2.18. The third-order valence-corrected chi connectivity index (χ3v) is 4.95. The molecule has 0 aliphatic heterocycles. The second-order valence-electron chi connectivity index (χ2n) is 6.05. The number of anilines is 1. The molecule has 0 aliphatic carbocycles. The number of amides is 1. The average Bonchev–Trinajstić information content (AvgIpc) is 2.81. The second-order valence-corrected chi connectivity index (χ2v) is 7.23. The van der Waals surface area contributed by atoms with Gasteiger partial charge in [-0.15, -0.1) is 4.91 Å². The number of thioether (sulfide) groups is 1. The van der Waals surface area contributed by atoms with Gasteiger partial charge in [0.2, 0.25) is 0 Å². The zero-order valence-electron chi connectivity index (χ0n) is 16.6. The minimum absolute atomic E-state index is 0.0418. The van der Waals surface area contributed by atoms with E-state index in [9.17, 15) is 9.70 Å². The molecule has 1 N–H and O–H groups in total. The molecule has 0 saturated heterocycles. The van der Waals surface area contributed by atoms with Crippen LogP contribution in [0, 0.1) is 4.91 Å². The van der Waals surface area contributed by atoms with Crippen molar-refractivity contribution in [3.8, 4) is 5.75 Å². The molecule has 31 heavy (non-hydrogen) atoms. The second kappa shape index (κ2) is 10.6. The molecule has 0 unspecified atom stereocenters. The van der Waals surface area contributed by atoms with Crippen LogP contribution in [0.2, 0.25) is 5.02 Å². The van der Waals surface area contributed by atoms with Crippen molar-refractivity contribution >= 4 is 35.1 Å². The van der Waals surface area contributed by atoms with Crippen LogP contribution in [0.15, 0.2) is 53.3 Å². The summed E-state index contributed by atoms with van der Waals surface area (Å²) in [6.07, 6.45) is 6.30. The monoisotopic (exact) mass is 459 g/mol. The van der Waals surface area contributed by atoms with Crippen molar-refractivity contribution < 1.29 is 9.53 Å². The molecule has 0 saturated carbocycles. The van der Waals surface area contributed by atoms with E-state index in [-0.39, 0.29) is 24.5 Å². The summed E-state index contributed by atoms with van der Waals surface area (Å²) in [5.74, 6) is 0.535. The number of carbonyl (C=O) groups is 1. The fourth-order valence-corrected chi connectivity index (χ4v) is 3.23. The summed E-state index contributed by atoms with van der Waals surface area (Å²) >= 11 is 7.45. The van der Waals surface area contributed by atoms with Gasteiger partial charge in [0.15, 0.2) is 11.0 Å². The predicted octanol–water partition coefficient (Wildman–Crippen LogP) is 3.27. The van der Waals surface area contributed by atoms with E-state index in [4.69, 9.17) is 16.3 Å². The standard InChI is InChI=1S/C19H18ClN7O3S/c1-30-15-5-4-12(8-14(15)20)11-27(26-29)17-13(9-24-19(25-17)31-2)18(28)23-10-16-21-6-3-7-22-16/h3-9H,10-11H2,1-2H3,(H,23,28). The zero-order chi connectivity index (χ0) is 22.2. The molecule has 12 heteroatoms. The predicted molar refractivity (Wildman–Crippen MR) is 117 cm³/mol. The number of nitroso groups, excluding NO2 is 1. The molecule has 0 radical (unpaired) electrons. The Balaban J connectivity index is 1.87. The molecular weight excluding hydrogens is 442 g/mol. The SMILES string of the molecule is COc1ccc(CN(N=O)c2nc(SC)ncc2C(=O)NCc2ncccn2)cc1Cl. The van der Waals surface area contributed by atoms with Gasteiger partial charge in [-0.05, 0) is 30.0 Å². The number of carbonyl (C=O) groups excluding carboxylic acids is 1. The molecule has 3 rings (SSSR count). The Labute approximate surface area is 187 Å². The van der Waals surface area contributed by atoms with Crippen LogP contribution in [0.1, 0.15) is 21.7 Å². The fraction of sp³-hybridized carbons (Fsp3) is 0.211. The summed E-state index contributed by atoms with van der Waals surface area (Å²) in [6.45, 7) is 0.145. The molecule has 0 bridgehead atoms. The number of ether oxygens (including phenoxy) is 1. The maximum absolute atomic E-state index is 12.8. The van der Waals surface area contributed by atoms with Crippen LogP contribution in [0.5, 0.6) is 5.75 Å². The molecule has 1 amide bonds. The van der Waals surface area contributed by atoms with Gasteiger partial charge in [0.25, 0.3) is 5.91 Å². The number of aromatic nitrogens is 4. The lowest BCUT2D eigenvalue weighted by atomic mass is 10.2. The Morgan fingerprint density at radius 3 is 2.71 bits per heavy atom. The Morgan fingerprint density at radius 2 is 2.06 bits per heavy atom. The summed E-state index contributed by atoms with van der Waals surface area (Å²) in [5, 5.41) is 7.62. The third-order valence-electron chi connectivity index (χ3n) is 4.09. The van der Waals surface area contributed by atoms with Gasteiger partial charge in [-0.3, -0.25) is 4.79 Å². The summed E-state index contributed by atoms with van der Waals surface area (Å²) in [4.78, 5) is 41.1. The molecular formula is C19H18ClN7O3S. The van der Waals surface area contributed by atoms with Crippen LogP contribution in [-0.4, -0.2) is 39.2 Å². The van der Waals surface area contributed by atoms with E-state index in [1.54, 1.807) is 42.9 Å². The highest BCUT2D eigenvalue weighted by Crippen LogP contribution is 2.28. The molecule has 10 nitrogen and oxygen atoms in total. The summed E-state index contributed by atoms with van der Waals surface area (Å²) < 4.78 is 5.14. The van der Waals surface area contributed by atoms with Gasteiger partial charge >= 0.3 is 0 Å². The molecule has 3 aromatic rings. The van der Waals surface area contributed by atoms with E-state index in [1.165, 1.54) is 25.1 Å². The summed E-state index contributed by atoms with van der Waals surface area (Å²) in [5.41, 5.74) is 0.770. The van der Waals surface area contributed by atoms with E-state index in [0.29, 0.717) is 27.3 Å². The summed E-state index contributed by atoms with van der Waals surface area (Å²) in [7, 11) is 1.51. The topological polar surface area (TPSA) is 123 Å². The van der Waals surface area contributed by atoms with E-state index < -0.39 is 5.91 Å². The van der Waals surface area contributed by atoms with Crippen molar-refractivity contribution in [2.45, 2.75) is 18.2 Å². The Morgan fingerprint density at radius 1 is 1.29 bits per heavy atom. The van der Waals surface area contributed by atoms with Gasteiger partial charge < -0.3 is 10.1 Å². The fourth-order valence-electron chi connectivity index (χ4n) is 2.61. The van der Waals surface area contributed by atoms with Gasteiger partial charge in [0.1, 0.15) is 17.1 Å².